The van der Waals surface area contributed by atoms with Gasteiger partial charge in [-0.25, -0.2) is 4.98 Å². The van der Waals surface area contributed by atoms with Crippen LogP contribution in [0.4, 0.5) is 5.69 Å². The molecule has 0 saturated carbocycles. The van der Waals surface area contributed by atoms with E-state index in [1.165, 1.54) is 12.3 Å². The predicted molar refractivity (Wildman–Crippen MR) is 109 cm³/mol. The highest BCUT2D eigenvalue weighted by molar-refractivity contribution is 9.10. The molecule has 8 heteroatoms. The van der Waals surface area contributed by atoms with Crippen molar-refractivity contribution in [3.63, 3.8) is 0 Å². The van der Waals surface area contributed by atoms with E-state index in [1.54, 1.807) is 25.1 Å². The van der Waals surface area contributed by atoms with Crippen LogP contribution in [0.2, 0.25) is 5.02 Å². The molecule has 0 bridgehead atoms. The molecule has 0 radical (unpaired) electrons. The highest BCUT2D eigenvalue weighted by atomic mass is 79.9. The summed E-state index contributed by atoms with van der Waals surface area (Å²) in [5.74, 6) is 0.105. The van der Waals surface area contributed by atoms with E-state index in [2.05, 4.69) is 36.2 Å². The second-order valence-electron chi connectivity index (χ2n) is 5.86. The maximum Gasteiger partial charge on any atom is 0.258 e. The third-order valence-electron chi connectivity index (χ3n) is 3.93. The fraction of sp³-hybridized carbons (Fsp3) is 0.158. The summed E-state index contributed by atoms with van der Waals surface area (Å²) < 4.78 is 0.493. The zero-order valence-electron chi connectivity index (χ0n) is 14.6. The summed E-state index contributed by atoms with van der Waals surface area (Å²) in [5, 5.41) is 3.21. The Hall–Kier alpha value is -2.51. The van der Waals surface area contributed by atoms with Gasteiger partial charge in [-0.1, -0.05) is 30.7 Å². The van der Waals surface area contributed by atoms with E-state index < -0.39 is 0 Å². The summed E-state index contributed by atoms with van der Waals surface area (Å²) in [6, 6.07) is 8.56. The van der Waals surface area contributed by atoms with Gasteiger partial charge in [0.05, 0.1) is 20.8 Å². The van der Waals surface area contributed by atoms with Gasteiger partial charge in [0, 0.05) is 29.2 Å². The van der Waals surface area contributed by atoms with E-state index in [4.69, 9.17) is 11.6 Å². The van der Waals surface area contributed by atoms with E-state index in [-0.39, 0.29) is 11.5 Å². The standard InChI is InChI=1S/C19H16BrClN4O2/c1-3-12-8-15(26)25-18(23-12)11-5-4-6-13(7-11)24-19(27)14-9-22-10(2)17(21)16(14)20/h4-9H,3H2,1-2H3,(H,24,27)(H,23,25,26). The molecule has 2 heterocycles. The number of aromatic amines is 1. The number of aromatic nitrogens is 3. The van der Waals surface area contributed by atoms with E-state index in [9.17, 15) is 9.59 Å². The van der Waals surface area contributed by atoms with E-state index in [0.717, 1.165) is 0 Å². The minimum atomic E-state index is -0.350. The number of halogens is 2. The predicted octanol–water partition coefficient (Wildman–Crippen LogP) is 4.37. The Kier molecular flexibility index (Phi) is 5.72. The molecule has 0 aliphatic rings. The van der Waals surface area contributed by atoms with Crippen LogP contribution >= 0.6 is 27.5 Å². The Morgan fingerprint density at radius 2 is 2.11 bits per heavy atom. The number of pyridine rings is 1. The molecule has 2 N–H and O–H groups in total. The van der Waals surface area contributed by atoms with Gasteiger partial charge in [0.15, 0.2) is 0 Å². The van der Waals surface area contributed by atoms with E-state index >= 15 is 0 Å². The van der Waals surface area contributed by atoms with Crippen molar-refractivity contribution in [2.75, 3.05) is 5.32 Å². The Bertz CT molecular complexity index is 1080. The highest BCUT2D eigenvalue weighted by Gasteiger charge is 2.15. The molecule has 2 aromatic heterocycles. The quantitative estimate of drug-likeness (QED) is 0.621. The van der Waals surface area contributed by atoms with Crippen LogP contribution in [0.3, 0.4) is 0 Å². The first-order valence-electron chi connectivity index (χ1n) is 8.21. The fourth-order valence-corrected chi connectivity index (χ4v) is 3.20. The van der Waals surface area contributed by atoms with Crippen LogP contribution in [-0.2, 0) is 6.42 Å². The molecular formula is C19H16BrClN4O2. The number of hydrogen-bond acceptors (Lipinski definition) is 4. The number of rotatable bonds is 4. The minimum absolute atomic E-state index is 0.212. The van der Waals surface area contributed by atoms with Gasteiger partial charge in [-0.15, -0.1) is 0 Å². The highest BCUT2D eigenvalue weighted by Crippen LogP contribution is 2.29. The first kappa shape index (κ1) is 19.3. The van der Waals surface area contributed by atoms with Crippen molar-refractivity contribution in [1.82, 2.24) is 15.0 Å². The molecule has 3 aromatic rings. The molecule has 1 amide bonds. The van der Waals surface area contributed by atoms with Crippen molar-refractivity contribution < 1.29 is 4.79 Å². The maximum absolute atomic E-state index is 12.6. The molecule has 0 atom stereocenters. The van der Waals surface area contributed by atoms with Crippen LogP contribution in [0.15, 0.2) is 45.8 Å². The molecule has 1 aromatic carbocycles. The van der Waals surface area contributed by atoms with Crippen molar-refractivity contribution in [2.24, 2.45) is 0 Å². The Balaban J connectivity index is 1.91. The molecule has 0 spiro atoms. The van der Waals surface area contributed by atoms with E-state index in [0.29, 0.717) is 49.9 Å². The van der Waals surface area contributed by atoms with Gasteiger partial charge in [-0.05, 0) is 41.4 Å². The number of hydrogen-bond donors (Lipinski definition) is 2. The maximum atomic E-state index is 12.6. The molecule has 0 unspecified atom stereocenters. The number of anilines is 1. The molecule has 0 saturated heterocycles. The fourth-order valence-electron chi connectivity index (χ4n) is 2.48. The van der Waals surface area contributed by atoms with Gasteiger partial charge in [-0.2, -0.15) is 0 Å². The second-order valence-corrected chi connectivity index (χ2v) is 7.03. The largest absolute Gasteiger partial charge is 0.322 e. The molecule has 0 fully saturated rings. The lowest BCUT2D eigenvalue weighted by Gasteiger charge is -2.10. The molecule has 138 valence electrons. The SMILES string of the molecule is CCc1cc(=O)[nH]c(-c2cccc(NC(=O)c3cnc(C)c(Cl)c3Br)c2)n1. The topological polar surface area (TPSA) is 87.7 Å². The number of nitrogens with zero attached hydrogens (tertiary/aromatic N) is 2. The van der Waals surface area contributed by atoms with Crippen molar-refractivity contribution in [3.8, 4) is 11.4 Å². The normalized spacial score (nSPS) is 10.7. The van der Waals surface area contributed by atoms with Crippen molar-refractivity contribution >= 4 is 39.1 Å². The lowest BCUT2D eigenvalue weighted by molar-refractivity contribution is 0.102. The third kappa shape index (κ3) is 4.26. The van der Waals surface area contributed by atoms with Crippen molar-refractivity contribution in [3.05, 3.63) is 73.3 Å². The number of carbonyl (C=O) groups excluding carboxylic acids is 1. The smallest absolute Gasteiger partial charge is 0.258 e. The zero-order chi connectivity index (χ0) is 19.6. The lowest BCUT2D eigenvalue weighted by Crippen LogP contribution is -2.14. The number of carbonyl (C=O) groups is 1. The van der Waals surface area contributed by atoms with Gasteiger partial charge in [0.2, 0.25) is 0 Å². The van der Waals surface area contributed by atoms with Crippen LogP contribution in [-0.4, -0.2) is 20.9 Å². The van der Waals surface area contributed by atoms with Crippen LogP contribution in [0.5, 0.6) is 0 Å². The Morgan fingerprint density at radius 1 is 1.33 bits per heavy atom. The Labute approximate surface area is 169 Å². The third-order valence-corrected chi connectivity index (χ3v) is 5.44. The number of aryl methyl sites for hydroxylation is 2. The van der Waals surface area contributed by atoms with Gasteiger partial charge >= 0.3 is 0 Å². The van der Waals surface area contributed by atoms with Gasteiger partial charge < -0.3 is 10.3 Å². The average Bonchev–Trinajstić information content (AvgIpc) is 2.65. The number of H-pyrrole nitrogens is 1. The number of nitrogens with one attached hydrogen (secondary N) is 2. The second kappa shape index (κ2) is 8.02. The summed E-state index contributed by atoms with van der Waals surface area (Å²) in [5.41, 5.74) is 2.71. The molecule has 0 aliphatic heterocycles. The van der Waals surface area contributed by atoms with Crippen molar-refractivity contribution in [2.45, 2.75) is 20.3 Å². The summed E-state index contributed by atoms with van der Waals surface area (Å²) >= 11 is 9.48. The van der Waals surface area contributed by atoms with E-state index in [1.807, 2.05) is 13.0 Å². The van der Waals surface area contributed by atoms with Crippen LogP contribution < -0.4 is 10.9 Å². The molecule has 27 heavy (non-hydrogen) atoms. The van der Waals surface area contributed by atoms with Gasteiger partial charge in [0.25, 0.3) is 11.5 Å². The average molecular weight is 448 g/mol. The minimum Gasteiger partial charge on any atom is -0.322 e. The number of benzene rings is 1. The zero-order valence-corrected chi connectivity index (χ0v) is 17.0. The molecule has 6 nitrogen and oxygen atoms in total. The Morgan fingerprint density at radius 3 is 2.85 bits per heavy atom. The summed E-state index contributed by atoms with van der Waals surface area (Å²) in [7, 11) is 0. The van der Waals surface area contributed by atoms with Crippen LogP contribution in [0, 0.1) is 6.92 Å². The van der Waals surface area contributed by atoms with Crippen molar-refractivity contribution in [1.29, 1.82) is 0 Å². The first-order chi connectivity index (χ1) is 12.9. The number of amides is 1. The monoisotopic (exact) mass is 446 g/mol. The van der Waals surface area contributed by atoms with Gasteiger partial charge in [-0.3, -0.25) is 14.6 Å². The summed E-state index contributed by atoms with van der Waals surface area (Å²) in [6.45, 7) is 3.69. The van der Waals surface area contributed by atoms with Gasteiger partial charge in [0.1, 0.15) is 5.82 Å². The molecule has 3 rings (SSSR count). The molecule has 0 aliphatic carbocycles. The summed E-state index contributed by atoms with van der Waals surface area (Å²) in [6.07, 6.45) is 2.12. The molecular weight excluding hydrogens is 432 g/mol. The lowest BCUT2D eigenvalue weighted by atomic mass is 10.1. The van der Waals surface area contributed by atoms with Crippen LogP contribution in [0.1, 0.15) is 28.7 Å². The van der Waals surface area contributed by atoms with Crippen LogP contribution in [0.25, 0.3) is 11.4 Å². The first-order valence-corrected chi connectivity index (χ1v) is 9.38. The summed E-state index contributed by atoms with van der Waals surface area (Å²) in [4.78, 5) is 35.7.